The summed E-state index contributed by atoms with van der Waals surface area (Å²) in [5, 5.41) is 2.81. The van der Waals surface area contributed by atoms with Crippen LogP contribution in [0.3, 0.4) is 0 Å². The molecule has 0 radical (unpaired) electrons. The third kappa shape index (κ3) is 4.92. The van der Waals surface area contributed by atoms with E-state index >= 15 is 0 Å². The van der Waals surface area contributed by atoms with Gasteiger partial charge < -0.3 is 19.5 Å². The molecule has 0 aliphatic carbocycles. The number of benzene rings is 2. The van der Waals surface area contributed by atoms with Crippen LogP contribution >= 0.6 is 0 Å². The van der Waals surface area contributed by atoms with E-state index in [1.54, 1.807) is 14.2 Å². The van der Waals surface area contributed by atoms with Crippen LogP contribution in [0.25, 0.3) is 0 Å². The summed E-state index contributed by atoms with van der Waals surface area (Å²) in [5.41, 5.74) is 2.01. The molecule has 0 aliphatic heterocycles. The van der Waals surface area contributed by atoms with E-state index < -0.39 is 0 Å². The van der Waals surface area contributed by atoms with E-state index in [4.69, 9.17) is 14.2 Å². The minimum absolute atomic E-state index is 0.0171. The number of amides is 1. The maximum absolute atomic E-state index is 11.9. The van der Waals surface area contributed by atoms with Crippen molar-refractivity contribution >= 4 is 5.91 Å². The van der Waals surface area contributed by atoms with E-state index in [-0.39, 0.29) is 12.5 Å². The molecule has 0 aliphatic rings. The van der Waals surface area contributed by atoms with Crippen LogP contribution in [0.2, 0.25) is 0 Å². The summed E-state index contributed by atoms with van der Waals surface area (Å²) >= 11 is 0. The Balaban J connectivity index is 1.84. The van der Waals surface area contributed by atoms with Crippen LogP contribution in [-0.2, 0) is 11.3 Å². The monoisotopic (exact) mass is 315 g/mol. The topological polar surface area (TPSA) is 56.8 Å². The van der Waals surface area contributed by atoms with Crippen molar-refractivity contribution in [2.75, 3.05) is 20.8 Å². The second-order valence-corrected chi connectivity index (χ2v) is 5.07. The Kier molecular flexibility index (Phi) is 5.86. The van der Waals surface area contributed by atoms with Crippen molar-refractivity contribution in [1.82, 2.24) is 5.32 Å². The van der Waals surface area contributed by atoms with Gasteiger partial charge in [0.25, 0.3) is 5.91 Å². The third-order valence-electron chi connectivity index (χ3n) is 3.30. The summed E-state index contributed by atoms with van der Waals surface area (Å²) in [4.78, 5) is 11.9. The third-order valence-corrected chi connectivity index (χ3v) is 3.30. The molecule has 1 N–H and O–H groups in total. The van der Waals surface area contributed by atoms with Gasteiger partial charge in [-0.3, -0.25) is 4.79 Å². The molecule has 0 heterocycles. The zero-order chi connectivity index (χ0) is 16.7. The molecule has 0 fully saturated rings. The second kappa shape index (κ2) is 8.08. The molecule has 0 saturated carbocycles. The number of hydrogen-bond donors (Lipinski definition) is 1. The molecule has 2 rings (SSSR count). The zero-order valence-corrected chi connectivity index (χ0v) is 13.6. The van der Waals surface area contributed by atoms with Gasteiger partial charge in [-0.1, -0.05) is 18.2 Å². The molecule has 2 aromatic rings. The summed E-state index contributed by atoms with van der Waals surface area (Å²) in [7, 11) is 3.16. The number of ether oxygens (including phenoxy) is 3. The van der Waals surface area contributed by atoms with E-state index in [0.29, 0.717) is 23.8 Å². The summed E-state index contributed by atoms with van der Waals surface area (Å²) in [5.74, 6) is 1.80. The number of rotatable bonds is 7. The Morgan fingerprint density at radius 2 is 1.83 bits per heavy atom. The van der Waals surface area contributed by atoms with Crippen molar-refractivity contribution in [3.63, 3.8) is 0 Å². The highest BCUT2D eigenvalue weighted by atomic mass is 16.5. The van der Waals surface area contributed by atoms with Crippen LogP contribution in [0.4, 0.5) is 0 Å². The van der Waals surface area contributed by atoms with Crippen LogP contribution in [0, 0.1) is 6.92 Å². The molecule has 5 heteroatoms. The minimum Gasteiger partial charge on any atom is -0.493 e. The number of carbonyl (C=O) groups is 1. The highest BCUT2D eigenvalue weighted by Crippen LogP contribution is 2.27. The Morgan fingerprint density at radius 1 is 1.04 bits per heavy atom. The van der Waals surface area contributed by atoms with Crippen molar-refractivity contribution in [3.05, 3.63) is 53.6 Å². The van der Waals surface area contributed by atoms with Gasteiger partial charge in [0, 0.05) is 6.54 Å². The number of carbonyl (C=O) groups excluding carboxylic acids is 1. The maximum atomic E-state index is 11.9. The van der Waals surface area contributed by atoms with Gasteiger partial charge >= 0.3 is 0 Å². The van der Waals surface area contributed by atoms with Gasteiger partial charge in [0.15, 0.2) is 18.1 Å². The molecule has 0 bridgehead atoms. The molecule has 0 atom stereocenters. The summed E-state index contributed by atoms with van der Waals surface area (Å²) in [6.07, 6.45) is 0. The lowest BCUT2D eigenvalue weighted by Gasteiger charge is -2.11. The standard InChI is InChI=1S/C18H21NO4/c1-13-5-4-6-15(9-13)23-12-18(20)19-11-14-7-8-16(21-2)17(10-14)22-3/h4-10H,11-12H2,1-3H3,(H,19,20). The lowest BCUT2D eigenvalue weighted by atomic mass is 10.2. The molecular formula is C18H21NO4. The van der Waals surface area contributed by atoms with Crippen molar-refractivity contribution < 1.29 is 19.0 Å². The second-order valence-electron chi connectivity index (χ2n) is 5.07. The van der Waals surface area contributed by atoms with E-state index in [0.717, 1.165) is 11.1 Å². The van der Waals surface area contributed by atoms with Gasteiger partial charge in [0.05, 0.1) is 14.2 Å². The molecule has 122 valence electrons. The molecule has 5 nitrogen and oxygen atoms in total. The number of nitrogens with one attached hydrogen (secondary N) is 1. The molecule has 0 unspecified atom stereocenters. The highest BCUT2D eigenvalue weighted by molar-refractivity contribution is 5.77. The van der Waals surface area contributed by atoms with Crippen LogP contribution < -0.4 is 19.5 Å². The van der Waals surface area contributed by atoms with Crippen LogP contribution in [0.5, 0.6) is 17.2 Å². The van der Waals surface area contributed by atoms with Crippen LogP contribution in [0.15, 0.2) is 42.5 Å². The quantitative estimate of drug-likeness (QED) is 0.853. The lowest BCUT2D eigenvalue weighted by Crippen LogP contribution is -2.28. The first-order valence-electron chi connectivity index (χ1n) is 7.29. The van der Waals surface area contributed by atoms with Gasteiger partial charge in [0.1, 0.15) is 5.75 Å². The average Bonchev–Trinajstić information content (AvgIpc) is 2.57. The number of hydrogen-bond acceptors (Lipinski definition) is 4. The van der Waals surface area contributed by atoms with Crippen molar-refractivity contribution in [2.24, 2.45) is 0 Å². The SMILES string of the molecule is COc1ccc(CNC(=O)COc2cccc(C)c2)cc1OC. The maximum Gasteiger partial charge on any atom is 0.258 e. The fourth-order valence-corrected chi connectivity index (χ4v) is 2.10. The summed E-state index contributed by atoms with van der Waals surface area (Å²) in [6, 6.07) is 13.1. The molecule has 23 heavy (non-hydrogen) atoms. The van der Waals surface area contributed by atoms with E-state index in [1.807, 2.05) is 49.4 Å². The lowest BCUT2D eigenvalue weighted by molar-refractivity contribution is -0.123. The predicted molar refractivity (Wildman–Crippen MR) is 88.1 cm³/mol. The number of methoxy groups -OCH3 is 2. The first-order chi connectivity index (χ1) is 11.1. The van der Waals surface area contributed by atoms with Crippen LogP contribution in [0.1, 0.15) is 11.1 Å². The first kappa shape index (κ1) is 16.7. The highest BCUT2D eigenvalue weighted by Gasteiger charge is 2.07. The average molecular weight is 315 g/mol. The Hall–Kier alpha value is -2.69. The summed E-state index contributed by atoms with van der Waals surface area (Å²) in [6.45, 7) is 2.36. The Bertz CT molecular complexity index is 670. The predicted octanol–water partition coefficient (Wildman–Crippen LogP) is 2.71. The van der Waals surface area contributed by atoms with Gasteiger partial charge in [-0.2, -0.15) is 0 Å². The van der Waals surface area contributed by atoms with Crippen molar-refractivity contribution in [3.8, 4) is 17.2 Å². The first-order valence-corrected chi connectivity index (χ1v) is 7.29. The number of aryl methyl sites for hydroxylation is 1. The zero-order valence-electron chi connectivity index (χ0n) is 13.6. The molecule has 0 saturated heterocycles. The minimum atomic E-state index is -0.179. The van der Waals surface area contributed by atoms with E-state index in [2.05, 4.69) is 5.32 Å². The van der Waals surface area contributed by atoms with Gasteiger partial charge in [-0.15, -0.1) is 0 Å². The Labute approximate surface area is 136 Å². The molecule has 2 aromatic carbocycles. The van der Waals surface area contributed by atoms with Gasteiger partial charge in [-0.25, -0.2) is 0 Å². The van der Waals surface area contributed by atoms with Gasteiger partial charge in [-0.05, 0) is 42.3 Å². The van der Waals surface area contributed by atoms with E-state index in [9.17, 15) is 4.79 Å². The van der Waals surface area contributed by atoms with Gasteiger partial charge in [0.2, 0.25) is 0 Å². The molecule has 0 aromatic heterocycles. The van der Waals surface area contributed by atoms with E-state index in [1.165, 1.54) is 0 Å². The smallest absolute Gasteiger partial charge is 0.258 e. The normalized spacial score (nSPS) is 10.0. The fourth-order valence-electron chi connectivity index (χ4n) is 2.10. The Morgan fingerprint density at radius 3 is 2.52 bits per heavy atom. The van der Waals surface area contributed by atoms with Crippen molar-refractivity contribution in [2.45, 2.75) is 13.5 Å². The molecular weight excluding hydrogens is 294 g/mol. The summed E-state index contributed by atoms with van der Waals surface area (Å²) < 4.78 is 15.9. The van der Waals surface area contributed by atoms with Crippen molar-refractivity contribution in [1.29, 1.82) is 0 Å². The van der Waals surface area contributed by atoms with Crippen LogP contribution in [-0.4, -0.2) is 26.7 Å². The fraction of sp³-hybridized carbons (Fsp3) is 0.278. The molecule has 1 amide bonds. The molecule has 0 spiro atoms. The largest absolute Gasteiger partial charge is 0.493 e.